The third-order valence-electron chi connectivity index (χ3n) is 3.83. The lowest BCUT2D eigenvalue weighted by atomic mass is 10.1. The molecule has 3 N–H and O–H groups in total. The molecular formula is C19H33N3O3S. The van der Waals surface area contributed by atoms with E-state index in [-0.39, 0.29) is 11.9 Å². The third-order valence-corrected chi connectivity index (χ3v) is 6.02. The number of anilines is 1. The van der Waals surface area contributed by atoms with Crippen molar-refractivity contribution in [3.63, 3.8) is 0 Å². The van der Waals surface area contributed by atoms with E-state index in [2.05, 4.69) is 15.4 Å². The van der Waals surface area contributed by atoms with Gasteiger partial charge < -0.3 is 10.6 Å². The van der Waals surface area contributed by atoms with Crippen LogP contribution in [0.2, 0.25) is 0 Å². The minimum atomic E-state index is -3.26. The Morgan fingerprint density at radius 3 is 2.35 bits per heavy atom. The molecule has 0 aliphatic heterocycles. The van der Waals surface area contributed by atoms with Crippen LogP contribution in [0, 0.1) is 0 Å². The fourth-order valence-electron chi connectivity index (χ4n) is 2.20. The summed E-state index contributed by atoms with van der Waals surface area (Å²) in [5, 5.41) is 6.18. The lowest BCUT2D eigenvalue weighted by molar-refractivity contribution is 0.0943. The Kier molecular flexibility index (Phi) is 8.56. The smallest absolute Gasteiger partial charge is 0.251 e. The van der Waals surface area contributed by atoms with E-state index in [9.17, 15) is 13.2 Å². The van der Waals surface area contributed by atoms with E-state index in [0.717, 1.165) is 31.5 Å². The van der Waals surface area contributed by atoms with Crippen LogP contribution in [0.4, 0.5) is 5.69 Å². The number of carbonyl (C=O) groups excluding carboxylic acids is 1. The molecule has 0 spiro atoms. The summed E-state index contributed by atoms with van der Waals surface area (Å²) in [5.41, 5.74) is 1.55. The maximum Gasteiger partial charge on any atom is 0.251 e. The van der Waals surface area contributed by atoms with Crippen molar-refractivity contribution in [3.8, 4) is 0 Å². The third kappa shape index (κ3) is 7.74. The highest BCUT2D eigenvalue weighted by Crippen LogP contribution is 2.13. The molecule has 6 nitrogen and oxygen atoms in total. The molecule has 1 aromatic rings. The van der Waals surface area contributed by atoms with Gasteiger partial charge in [-0.15, -0.1) is 0 Å². The van der Waals surface area contributed by atoms with Gasteiger partial charge in [0.05, 0.1) is 4.75 Å². The predicted octanol–water partition coefficient (Wildman–Crippen LogP) is 3.12. The fraction of sp³-hybridized carbons (Fsp3) is 0.632. The van der Waals surface area contributed by atoms with Gasteiger partial charge >= 0.3 is 0 Å². The zero-order chi connectivity index (χ0) is 19.8. The molecule has 0 fully saturated rings. The first kappa shape index (κ1) is 22.4. The molecule has 148 valence electrons. The van der Waals surface area contributed by atoms with Crippen molar-refractivity contribution in [3.05, 3.63) is 29.8 Å². The number of rotatable bonds is 10. The maximum absolute atomic E-state index is 12.0. The van der Waals surface area contributed by atoms with Gasteiger partial charge in [0.1, 0.15) is 0 Å². The molecule has 0 saturated carbocycles. The van der Waals surface area contributed by atoms with E-state index in [1.54, 1.807) is 26.8 Å². The molecule has 26 heavy (non-hydrogen) atoms. The molecule has 0 aromatic heterocycles. The summed E-state index contributed by atoms with van der Waals surface area (Å²) in [5.74, 6) is -0.0743. The van der Waals surface area contributed by atoms with E-state index in [4.69, 9.17) is 0 Å². The standard InChI is InChI=1S/C19H33N3O3S/c1-15(2)22-18(23)16-10-9-11-17(14-16)20-12-7-6-8-13-21-26(24,25)19(3,4)5/h9-11,14-15,20-21H,6-8,12-13H2,1-5H3,(H,22,23). The Hall–Kier alpha value is -1.60. The molecule has 0 atom stereocenters. The second-order valence-corrected chi connectivity index (χ2v) is 10.2. The molecule has 0 aliphatic carbocycles. The van der Waals surface area contributed by atoms with Crippen LogP contribution in [0.5, 0.6) is 0 Å². The summed E-state index contributed by atoms with van der Waals surface area (Å²) in [4.78, 5) is 12.0. The average molecular weight is 384 g/mol. The topological polar surface area (TPSA) is 87.3 Å². The van der Waals surface area contributed by atoms with Gasteiger partial charge in [-0.05, 0) is 65.7 Å². The van der Waals surface area contributed by atoms with Crippen molar-refractivity contribution < 1.29 is 13.2 Å². The van der Waals surface area contributed by atoms with Crippen molar-refractivity contribution in [1.82, 2.24) is 10.0 Å². The Morgan fingerprint density at radius 1 is 1.08 bits per heavy atom. The summed E-state index contributed by atoms with van der Waals surface area (Å²) < 4.78 is 25.7. The molecule has 1 aromatic carbocycles. The number of carbonyl (C=O) groups is 1. The highest BCUT2D eigenvalue weighted by Gasteiger charge is 2.27. The normalized spacial score (nSPS) is 12.2. The predicted molar refractivity (Wildman–Crippen MR) is 108 cm³/mol. The van der Waals surface area contributed by atoms with Crippen molar-refractivity contribution in [2.24, 2.45) is 0 Å². The summed E-state index contributed by atoms with van der Waals surface area (Å²) in [7, 11) is -3.26. The zero-order valence-corrected chi connectivity index (χ0v) is 17.4. The Bertz CT molecular complexity index is 680. The van der Waals surface area contributed by atoms with E-state index in [0.29, 0.717) is 12.1 Å². The molecule has 0 saturated heterocycles. The minimum absolute atomic E-state index is 0.0743. The van der Waals surface area contributed by atoms with Crippen LogP contribution in [0.25, 0.3) is 0 Å². The molecular weight excluding hydrogens is 350 g/mol. The first-order valence-corrected chi connectivity index (χ1v) is 10.7. The number of hydrogen-bond acceptors (Lipinski definition) is 4. The summed E-state index contributed by atoms with van der Waals surface area (Å²) in [6.45, 7) is 10.2. The van der Waals surface area contributed by atoms with Crippen LogP contribution < -0.4 is 15.4 Å². The second-order valence-electron chi connectivity index (χ2n) is 7.71. The Morgan fingerprint density at radius 2 is 1.73 bits per heavy atom. The van der Waals surface area contributed by atoms with E-state index < -0.39 is 14.8 Å². The first-order valence-electron chi connectivity index (χ1n) is 9.17. The van der Waals surface area contributed by atoms with Crippen LogP contribution in [0.3, 0.4) is 0 Å². The lowest BCUT2D eigenvalue weighted by Crippen LogP contribution is -2.39. The highest BCUT2D eigenvalue weighted by atomic mass is 32.2. The second kappa shape index (κ2) is 9.92. The van der Waals surface area contributed by atoms with Crippen LogP contribution in [-0.4, -0.2) is 38.2 Å². The van der Waals surface area contributed by atoms with E-state index in [1.165, 1.54) is 0 Å². The van der Waals surface area contributed by atoms with Gasteiger partial charge in [0.15, 0.2) is 0 Å². The van der Waals surface area contributed by atoms with Crippen molar-refractivity contribution in [1.29, 1.82) is 0 Å². The number of nitrogens with one attached hydrogen (secondary N) is 3. The van der Waals surface area contributed by atoms with Crippen molar-refractivity contribution in [2.45, 2.75) is 64.7 Å². The first-order chi connectivity index (χ1) is 12.0. The monoisotopic (exact) mass is 383 g/mol. The van der Waals surface area contributed by atoms with E-state index in [1.807, 2.05) is 32.0 Å². The Balaban J connectivity index is 2.29. The SMILES string of the molecule is CC(C)NC(=O)c1cccc(NCCCCCNS(=O)(=O)C(C)(C)C)c1. The fourth-order valence-corrected chi connectivity index (χ4v) is 3.04. The number of unbranched alkanes of at least 4 members (excludes halogenated alkanes) is 2. The molecule has 0 bridgehead atoms. The van der Waals surface area contributed by atoms with Gasteiger partial charge in [0.25, 0.3) is 5.91 Å². The molecule has 7 heteroatoms. The highest BCUT2D eigenvalue weighted by molar-refractivity contribution is 7.90. The number of sulfonamides is 1. The quantitative estimate of drug-likeness (QED) is 0.542. The molecule has 0 unspecified atom stereocenters. The molecule has 0 radical (unpaired) electrons. The summed E-state index contributed by atoms with van der Waals surface area (Å²) >= 11 is 0. The van der Waals surface area contributed by atoms with Crippen LogP contribution in [0.1, 0.15) is 64.2 Å². The molecule has 0 aliphatic rings. The minimum Gasteiger partial charge on any atom is -0.385 e. The average Bonchev–Trinajstić information content (AvgIpc) is 2.52. The number of amides is 1. The van der Waals surface area contributed by atoms with E-state index >= 15 is 0 Å². The van der Waals surface area contributed by atoms with Crippen LogP contribution >= 0.6 is 0 Å². The number of benzene rings is 1. The largest absolute Gasteiger partial charge is 0.385 e. The summed E-state index contributed by atoms with van der Waals surface area (Å²) in [6, 6.07) is 7.54. The van der Waals surface area contributed by atoms with Crippen molar-refractivity contribution in [2.75, 3.05) is 18.4 Å². The number of hydrogen-bond donors (Lipinski definition) is 3. The van der Waals surface area contributed by atoms with Crippen LogP contribution in [0.15, 0.2) is 24.3 Å². The molecule has 0 heterocycles. The zero-order valence-electron chi connectivity index (χ0n) is 16.6. The molecule has 1 amide bonds. The summed E-state index contributed by atoms with van der Waals surface area (Å²) in [6.07, 6.45) is 2.65. The van der Waals surface area contributed by atoms with Gasteiger partial charge in [-0.3, -0.25) is 4.79 Å². The molecule has 1 rings (SSSR count). The van der Waals surface area contributed by atoms with Gasteiger partial charge in [-0.1, -0.05) is 12.5 Å². The van der Waals surface area contributed by atoms with Gasteiger partial charge in [0, 0.05) is 30.4 Å². The Labute approximate surface area is 158 Å². The van der Waals surface area contributed by atoms with Gasteiger partial charge in [-0.25, -0.2) is 13.1 Å². The maximum atomic E-state index is 12.0. The van der Waals surface area contributed by atoms with Gasteiger partial charge in [-0.2, -0.15) is 0 Å². The lowest BCUT2D eigenvalue weighted by Gasteiger charge is -2.19. The van der Waals surface area contributed by atoms with Gasteiger partial charge in [0.2, 0.25) is 10.0 Å². The van der Waals surface area contributed by atoms with Crippen molar-refractivity contribution >= 4 is 21.6 Å². The van der Waals surface area contributed by atoms with Crippen LogP contribution in [-0.2, 0) is 10.0 Å².